The number of benzene rings is 1. The van der Waals surface area contributed by atoms with E-state index < -0.39 is 0 Å². The van der Waals surface area contributed by atoms with Crippen LogP contribution < -0.4 is 10.2 Å². The van der Waals surface area contributed by atoms with Crippen LogP contribution in [0.2, 0.25) is 0 Å². The van der Waals surface area contributed by atoms with Gasteiger partial charge in [0.25, 0.3) is 5.91 Å². The number of hydrogen-bond acceptors (Lipinski definition) is 7. The molecule has 160 valence electrons. The van der Waals surface area contributed by atoms with Gasteiger partial charge in [0.15, 0.2) is 0 Å². The number of pyridine rings is 1. The quantitative estimate of drug-likeness (QED) is 0.682. The molecule has 1 aromatic carbocycles. The lowest BCUT2D eigenvalue weighted by atomic mass is 10.1. The van der Waals surface area contributed by atoms with Crippen molar-refractivity contribution in [3.05, 3.63) is 53.3 Å². The van der Waals surface area contributed by atoms with Gasteiger partial charge >= 0.3 is 0 Å². The third kappa shape index (κ3) is 3.79. The summed E-state index contributed by atoms with van der Waals surface area (Å²) in [4.78, 5) is 31.0. The highest BCUT2D eigenvalue weighted by molar-refractivity contribution is 5.98. The number of rotatable bonds is 5. The van der Waals surface area contributed by atoms with E-state index in [1.807, 2.05) is 43.1 Å². The molecule has 2 aliphatic heterocycles. The Labute approximate surface area is 181 Å². The van der Waals surface area contributed by atoms with E-state index in [-0.39, 0.29) is 11.9 Å². The lowest BCUT2D eigenvalue weighted by Crippen LogP contribution is -2.37. The number of nitrogens with zero attached hydrogens (tertiary/aromatic N) is 5. The molecule has 4 heterocycles. The average Bonchev–Trinajstić information content (AvgIpc) is 3.15. The second-order valence-electron chi connectivity index (χ2n) is 8.22. The largest absolute Gasteiger partial charge is 0.378 e. The Bertz CT molecular complexity index is 1130. The predicted molar refractivity (Wildman–Crippen MR) is 119 cm³/mol. The molecule has 0 saturated carbocycles. The first kappa shape index (κ1) is 19.7. The smallest absolute Gasteiger partial charge is 0.273 e. The normalized spacial score (nSPS) is 16.3. The fourth-order valence-electron chi connectivity index (χ4n) is 4.04. The van der Waals surface area contributed by atoms with Crippen LogP contribution in [0.4, 0.5) is 11.8 Å². The lowest BCUT2D eigenvalue weighted by molar-refractivity contribution is 0.0726. The van der Waals surface area contributed by atoms with Crippen LogP contribution in [0, 0.1) is 0 Å². The summed E-state index contributed by atoms with van der Waals surface area (Å²) < 4.78 is 5.46. The molecule has 1 fully saturated rings. The van der Waals surface area contributed by atoms with Crippen molar-refractivity contribution in [2.24, 2.45) is 0 Å². The number of nitrogens with one attached hydrogen (secondary N) is 1. The van der Waals surface area contributed by atoms with Crippen LogP contribution >= 0.6 is 0 Å². The van der Waals surface area contributed by atoms with Gasteiger partial charge in [-0.15, -0.1) is 0 Å². The molecule has 8 heteroatoms. The van der Waals surface area contributed by atoms with E-state index in [0.717, 1.165) is 40.9 Å². The highest BCUT2D eigenvalue weighted by atomic mass is 16.5. The second kappa shape index (κ2) is 8.11. The van der Waals surface area contributed by atoms with Gasteiger partial charge in [-0.05, 0) is 31.5 Å². The SMILES string of the molecule is CC(C)N1Cc2c(NCc3cnc4ccccc4c3)nc(N3CCOCC3)nc2C1=O. The van der Waals surface area contributed by atoms with E-state index >= 15 is 0 Å². The molecular formula is C23H26N6O2. The minimum Gasteiger partial charge on any atom is -0.378 e. The van der Waals surface area contributed by atoms with E-state index in [1.54, 1.807) is 0 Å². The summed E-state index contributed by atoms with van der Waals surface area (Å²) in [6.45, 7) is 7.84. The fraction of sp³-hybridized carbons (Fsp3) is 0.391. The third-order valence-corrected chi connectivity index (χ3v) is 5.81. The zero-order valence-corrected chi connectivity index (χ0v) is 17.8. The molecule has 2 aromatic heterocycles. The van der Waals surface area contributed by atoms with Gasteiger partial charge in [-0.1, -0.05) is 18.2 Å². The summed E-state index contributed by atoms with van der Waals surface area (Å²) in [5.41, 5.74) is 3.40. The molecule has 0 aliphatic carbocycles. The number of amides is 1. The van der Waals surface area contributed by atoms with Gasteiger partial charge in [-0.2, -0.15) is 4.98 Å². The maximum absolute atomic E-state index is 13.0. The Kier molecular flexibility index (Phi) is 5.15. The maximum Gasteiger partial charge on any atom is 0.273 e. The molecule has 1 saturated heterocycles. The highest BCUT2D eigenvalue weighted by Gasteiger charge is 2.34. The zero-order valence-electron chi connectivity index (χ0n) is 17.8. The van der Waals surface area contributed by atoms with Crippen LogP contribution in [0.1, 0.15) is 35.5 Å². The average molecular weight is 419 g/mol. The fourth-order valence-corrected chi connectivity index (χ4v) is 4.04. The molecule has 0 radical (unpaired) electrons. The van der Waals surface area contributed by atoms with Crippen LogP contribution in [-0.2, 0) is 17.8 Å². The summed E-state index contributed by atoms with van der Waals surface area (Å²) in [5.74, 6) is 1.27. The number of hydrogen-bond donors (Lipinski definition) is 1. The van der Waals surface area contributed by atoms with Gasteiger partial charge < -0.3 is 19.9 Å². The first-order valence-corrected chi connectivity index (χ1v) is 10.7. The minimum absolute atomic E-state index is 0.0302. The molecule has 5 rings (SSSR count). The molecule has 0 bridgehead atoms. The van der Waals surface area contributed by atoms with Crippen LogP contribution in [0.15, 0.2) is 36.5 Å². The van der Waals surface area contributed by atoms with Gasteiger partial charge in [0.2, 0.25) is 5.95 Å². The van der Waals surface area contributed by atoms with Crippen LogP contribution in [0.3, 0.4) is 0 Å². The molecule has 0 unspecified atom stereocenters. The molecule has 0 atom stereocenters. The van der Waals surface area contributed by atoms with Crippen LogP contribution in [0.25, 0.3) is 10.9 Å². The van der Waals surface area contributed by atoms with E-state index in [0.29, 0.717) is 37.9 Å². The van der Waals surface area contributed by atoms with Crippen molar-refractivity contribution in [3.63, 3.8) is 0 Å². The predicted octanol–water partition coefficient (Wildman–Crippen LogP) is 2.84. The Morgan fingerprint density at radius 1 is 1.16 bits per heavy atom. The highest BCUT2D eigenvalue weighted by Crippen LogP contribution is 2.31. The summed E-state index contributed by atoms with van der Waals surface area (Å²) in [6, 6.07) is 10.3. The van der Waals surface area contributed by atoms with E-state index in [4.69, 9.17) is 9.72 Å². The maximum atomic E-state index is 13.0. The van der Waals surface area contributed by atoms with Gasteiger partial charge in [0.1, 0.15) is 11.5 Å². The molecule has 31 heavy (non-hydrogen) atoms. The van der Waals surface area contributed by atoms with Crippen LogP contribution in [-0.4, -0.2) is 58.1 Å². The van der Waals surface area contributed by atoms with Crippen molar-refractivity contribution in [1.82, 2.24) is 19.9 Å². The number of para-hydroxylation sites is 1. The molecule has 0 spiro atoms. The Morgan fingerprint density at radius 2 is 1.97 bits per heavy atom. The first-order chi connectivity index (χ1) is 15.1. The lowest BCUT2D eigenvalue weighted by Gasteiger charge is -2.27. The molecule has 8 nitrogen and oxygen atoms in total. The molecular weight excluding hydrogens is 392 g/mol. The van der Waals surface area contributed by atoms with Crippen molar-refractivity contribution < 1.29 is 9.53 Å². The minimum atomic E-state index is -0.0302. The van der Waals surface area contributed by atoms with E-state index in [9.17, 15) is 4.79 Å². The summed E-state index contributed by atoms with van der Waals surface area (Å²) in [5, 5.41) is 4.56. The van der Waals surface area contributed by atoms with Crippen molar-refractivity contribution in [3.8, 4) is 0 Å². The van der Waals surface area contributed by atoms with Gasteiger partial charge in [-0.3, -0.25) is 9.78 Å². The van der Waals surface area contributed by atoms with Crippen LogP contribution in [0.5, 0.6) is 0 Å². The summed E-state index contributed by atoms with van der Waals surface area (Å²) in [6.07, 6.45) is 1.88. The number of morpholine rings is 1. The standard InChI is InChI=1S/C23H26N6O2/c1-15(2)29-14-18-20(22(29)30)26-23(28-7-9-31-10-8-28)27-21(18)25-13-16-11-17-5-3-4-6-19(17)24-12-16/h3-6,11-12,15H,7-10,13-14H2,1-2H3,(H,25,26,27). The zero-order chi connectivity index (χ0) is 21.4. The summed E-state index contributed by atoms with van der Waals surface area (Å²) in [7, 11) is 0. The van der Waals surface area contributed by atoms with Gasteiger partial charge in [-0.25, -0.2) is 4.98 Å². The molecule has 2 aliphatic rings. The number of carbonyl (C=O) groups excluding carboxylic acids is 1. The van der Waals surface area contributed by atoms with E-state index in [1.165, 1.54) is 0 Å². The second-order valence-corrected chi connectivity index (χ2v) is 8.22. The Balaban J connectivity index is 1.46. The number of aromatic nitrogens is 3. The third-order valence-electron chi connectivity index (χ3n) is 5.81. The van der Waals surface area contributed by atoms with E-state index in [2.05, 4.69) is 32.3 Å². The van der Waals surface area contributed by atoms with Gasteiger partial charge in [0, 0.05) is 42.8 Å². The molecule has 1 amide bonds. The Morgan fingerprint density at radius 3 is 2.77 bits per heavy atom. The van der Waals surface area contributed by atoms with Crippen molar-refractivity contribution >= 4 is 28.6 Å². The first-order valence-electron chi connectivity index (χ1n) is 10.7. The molecule has 3 aromatic rings. The monoisotopic (exact) mass is 418 g/mol. The van der Waals surface area contributed by atoms with Gasteiger partial charge in [0.05, 0.1) is 25.3 Å². The number of ether oxygens (including phenoxy) is 1. The number of carbonyl (C=O) groups is 1. The van der Waals surface area contributed by atoms with Crippen molar-refractivity contribution in [1.29, 1.82) is 0 Å². The summed E-state index contributed by atoms with van der Waals surface area (Å²) >= 11 is 0. The van der Waals surface area contributed by atoms with Crippen molar-refractivity contribution in [2.75, 3.05) is 36.5 Å². The Hall–Kier alpha value is -3.26. The topological polar surface area (TPSA) is 83.5 Å². The molecule has 1 N–H and O–H groups in total. The van der Waals surface area contributed by atoms with Crippen molar-refractivity contribution in [2.45, 2.75) is 33.0 Å². The number of anilines is 2. The number of fused-ring (bicyclic) bond motifs is 2.